The lowest BCUT2D eigenvalue weighted by Gasteiger charge is -2.18. The molecule has 0 aromatic carbocycles. The maximum Gasteiger partial charge on any atom is 0.378 e. The van der Waals surface area contributed by atoms with Crippen molar-refractivity contribution in [1.82, 2.24) is 0 Å². The van der Waals surface area contributed by atoms with Gasteiger partial charge in [0, 0.05) is 0 Å². The lowest BCUT2D eigenvalue weighted by molar-refractivity contribution is -0.148. The molecule has 0 saturated carbocycles. The van der Waals surface area contributed by atoms with Crippen LogP contribution in [0.3, 0.4) is 0 Å². The number of rotatable bonds is 34. The monoisotopic (exact) mass is 625 g/mol. The van der Waals surface area contributed by atoms with E-state index < -0.39 is 24.8 Å². The van der Waals surface area contributed by atoms with Crippen LogP contribution in [0.25, 0.3) is 0 Å². The number of carbonyl (C=O) groups is 1. The third-order valence-electron chi connectivity index (χ3n) is 8.94. The zero-order valence-corrected chi connectivity index (χ0v) is 29.1. The number of esters is 1. The van der Waals surface area contributed by atoms with Crippen LogP contribution in [0.2, 0.25) is 0 Å². The van der Waals surface area contributed by atoms with Crippen LogP contribution in [0.15, 0.2) is 11.5 Å². The molecule has 6 nitrogen and oxygen atoms in total. The van der Waals surface area contributed by atoms with Crippen molar-refractivity contribution in [3.63, 3.8) is 0 Å². The zero-order chi connectivity index (χ0) is 31.9. The van der Waals surface area contributed by atoms with Gasteiger partial charge in [0.05, 0.1) is 19.8 Å². The summed E-state index contributed by atoms with van der Waals surface area (Å²) in [5.74, 6) is -0.289. The Labute approximate surface area is 272 Å². The smallest absolute Gasteiger partial charge is 0.378 e. The summed E-state index contributed by atoms with van der Waals surface area (Å²) in [6.07, 6.45) is 33.8. The molecule has 2 N–H and O–H groups in total. The number of unbranched alkanes of at least 4 members (excludes halogenated alkanes) is 26. The predicted molar refractivity (Wildman–Crippen MR) is 183 cm³/mol. The van der Waals surface area contributed by atoms with Crippen LogP contribution in [-0.2, 0) is 19.0 Å². The number of aliphatic hydroxyl groups is 2. The SMILES string of the molecule is CCCCCCCCCCCCCCCCOC1=C(OCCCCCCCCCCCCCCCC)[C@@H]([C@@H](O)CO)OC1=O. The van der Waals surface area contributed by atoms with Crippen LogP contribution in [0.1, 0.15) is 194 Å². The third-order valence-corrected chi connectivity index (χ3v) is 8.94. The highest BCUT2D eigenvalue weighted by Crippen LogP contribution is 2.28. The first kappa shape index (κ1) is 40.8. The fourth-order valence-electron chi connectivity index (χ4n) is 6.03. The molecule has 1 heterocycles. The highest BCUT2D eigenvalue weighted by molar-refractivity contribution is 5.89. The lowest BCUT2D eigenvalue weighted by atomic mass is 10.0. The number of cyclic esters (lactones) is 1. The van der Waals surface area contributed by atoms with Crippen LogP contribution < -0.4 is 0 Å². The van der Waals surface area contributed by atoms with Gasteiger partial charge < -0.3 is 24.4 Å². The minimum Gasteiger partial charge on any atom is -0.490 e. The highest BCUT2D eigenvalue weighted by atomic mass is 16.6. The van der Waals surface area contributed by atoms with Crippen molar-refractivity contribution in [3.8, 4) is 0 Å². The Balaban J connectivity index is 2.15. The molecule has 44 heavy (non-hydrogen) atoms. The molecule has 0 spiro atoms. The van der Waals surface area contributed by atoms with Gasteiger partial charge in [-0.2, -0.15) is 0 Å². The third kappa shape index (κ3) is 21.5. The predicted octanol–water partition coefficient (Wildman–Crippen LogP) is 10.5. The molecule has 0 fully saturated rings. The van der Waals surface area contributed by atoms with E-state index >= 15 is 0 Å². The van der Waals surface area contributed by atoms with Gasteiger partial charge >= 0.3 is 5.97 Å². The molecule has 0 radical (unpaired) electrons. The zero-order valence-electron chi connectivity index (χ0n) is 29.1. The number of aliphatic hydroxyl groups excluding tert-OH is 2. The fourth-order valence-corrected chi connectivity index (χ4v) is 6.03. The molecule has 1 rings (SSSR count). The van der Waals surface area contributed by atoms with Crippen molar-refractivity contribution in [1.29, 1.82) is 0 Å². The second-order valence-electron chi connectivity index (χ2n) is 13.2. The standard InChI is InChI=1S/C38H72O6/c1-3-5-7-9-11-13-15-17-19-21-23-25-27-29-31-42-36-35(34(40)33-39)44-38(41)37(36)43-32-30-28-26-24-22-20-18-16-14-12-10-8-6-4-2/h34-35,39-40H,3-33H2,1-2H3/t34-,35+/m0/s1. The summed E-state index contributed by atoms with van der Waals surface area (Å²) >= 11 is 0. The van der Waals surface area contributed by atoms with E-state index in [1.807, 2.05) is 0 Å². The molecule has 0 bridgehead atoms. The lowest BCUT2D eigenvalue weighted by Crippen LogP contribution is -2.32. The van der Waals surface area contributed by atoms with Gasteiger partial charge in [-0.25, -0.2) is 4.79 Å². The number of carbonyl (C=O) groups excluding carboxylic acids is 1. The Morgan fingerprint density at radius 2 is 0.864 bits per heavy atom. The largest absolute Gasteiger partial charge is 0.490 e. The first-order valence-corrected chi connectivity index (χ1v) is 19.1. The van der Waals surface area contributed by atoms with Crippen molar-refractivity contribution in [2.45, 2.75) is 206 Å². The van der Waals surface area contributed by atoms with E-state index in [9.17, 15) is 15.0 Å². The Morgan fingerprint density at radius 1 is 0.545 bits per heavy atom. The number of hydrogen-bond acceptors (Lipinski definition) is 6. The molecule has 0 aromatic rings. The van der Waals surface area contributed by atoms with Crippen molar-refractivity contribution in [3.05, 3.63) is 11.5 Å². The van der Waals surface area contributed by atoms with Gasteiger partial charge in [-0.3, -0.25) is 0 Å². The molecule has 0 amide bonds. The van der Waals surface area contributed by atoms with Crippen molar-refractivity contribution in [2.75, 3.05) is 19.8 Å². The van der Waals surface area contributed by atoms with Gasteiger partial charge in [0.1, 0.15) is 6.10 Å². The molecule has 0 aliphatic carbocycles. The normalized spacial score (nSPS) is 15.6. The van der Waals surface area contributed by atoms with Gasteiger partial charge in [0.15, 0.2) is 11.9 Å². The Hall–Kier alpha value is -1.27. The molecule has 0 unspecified atom stereocenters. The van der Waals surface area contributed by atoms with Crippen molar-refractivity contribution < 1.29 is 29.2 Å². The van der Waals surface area contributed by atoms with Crippen LogP contribution in [0, 0.1) is 0 Å². The van der Waals surface area contributed by atoms with Gasteiger partial charge in [0.2, 0.25) is 5.76 Å². The van der Waals surface area contributed by atoms with E-state index in [1.54, 1.807) is 0 Å². The van der Waals surface area contributed by atoms with Crippen LogP contribution in [0.5, 0.6) is 0 Å². The highest BCUT2D eigenvalue weighted by Gasteiger charge is 2.41. The topological polar surface area (TPSA) is 85.2 Å². The summed E-state index contributed by atoms with van der Waals surface area (Å²) in [5.41, 5.74) is 0. The van der Waals surface area contributed by atoms with E-state index in [0.29, 0.717) is 13.2 Å². The molecule has 6 heteroatoms. The number of ether oxygens (including phenoxy) is 3. The average Bonchev–Trinajstić information content (AvgIpc) is 3.35. The quantitative estimate of drug-likeness (QED) is 0.0547. The molecule has 2 atom stereocenters. The minimum atomic E-state index is -1.22. The van der Waals surface area contributed by atoms with Gasteiger partial charge in [-0.05, 0) is 12.8 Å². The van der Waals surface area contributed by atoms with E-state index in [1.165, 1.54) is 154 Å². The fraction of sp³-hybridized carbons (Fsp3) is 0.921. The van der Waals surface area contributed by atoms with E-state index in [-0.39, 0.29) is 11.5 Å². The first-order valence-electron chi connectivity index (χ1n) is 19.1. The molecule has 0 saturated heterocycles. The van der Waals surface area contributed by atoms with E-state index in [4.69, 9.17) is 14.2 Å². The molecule has 260 valence electrons. The summed E-state index contributed by atoms with van der Waals surface area (Å²) in [6, 6.07) is 0. The Morgan fingerprint density at radius 3 is 1.20 bits per heavy atom. The van der Waals surface area contributed by atoms with Gasteiger partial charge in [0.25, 0.3) is 0 Å². The maximum absolute atomic E-state index is 12.5. The molecular formula is C38H72O6. The summed E-state index contributed by atoms with van der Waals surface area (Å²) in [7, 11) is 0. The minimum absolute atomic E-state index is 0.0718. The van der Waals surface area contributed by atoms with Gasteiger partial charge in [-0.1, -0.05) is 181 Å². The summed E-state index contributed by atoms with van der Waals surface area (Å²) < 4.78 is 17.1. The first-order chi connectivity index (χ1) is 21.7. The average molecular weight is 625 g/mol. The second kappa shape index (κ2) is 30.4. The molecule has 1 aliphatic heterocycles. The maximum atomic E-state index is 12.5. The number of hydrogen-bond donors (Lipinski definition) is 2. The van der Waals surface area contributed by atoms with Gasteiger partial charge in [-0.15, -0.1) is 0 Å². The second-order valence-corrected chi connectivity index (χ2v) is 13.2. The van der Waals surface area contributed by atoms with E-state index in [2.05, 4.69) is 13.8 Å². The summed E-state index contributed by atoms with van der Waals surface area (Å²) in [4.78, 5) is 12.5. The van der Waals surface area contributed by atoms with Crippen molar-refractivity contribution in [2.24, 2.45) is 0 Å². The summed E-state index contributed by atoms with van der Waals surface area (Å²) in [5, 5.41) is 19.6. The molecule has 1 aliphatic rings. The van der Waals surface area contributed by atoms with Crippen LogP contribution in [-0.4, -0.2) is 48.2 Å². The Bertz CT molecular complexity index is 678. The molecule has 0 aromatic heterocycles. The van der Waals surface area contributed by atoms with Crippen LogP contribution in [0.4, 0.5) is 0 Å². The van der Waals surface area contributed by atoms with Crippen LogP contribution >= 0.6 is 0 Å². The summed E-state index contributed by atoms with van der Waals surface area (Å²) in [6.45, 7) is 4.91. The van der Waals surface area contributed by atoms with E-state index in [0.717, 1.165) is 25.7 Å². The van der Waals surface area contributed by atoms with Crippen molar-refractivity contribution >= 4 is 5.97 Å². The Kier molecular flexibility index (Phi) is 28.1. The molecular weight excluding hydrogens is 552 g/mol.